The summed E-state index contributed by atoms with van der Waals surface area (Å²) in [5.74, 6) is -0.943. The highest BCUT2D eigenvalue weighted by molar-refractivity contribution is 7.71. The van der Waals surface area contributed by atoms with Crippen molar-refractivity contribution in [1.82, 2.24) is 39.6 Å². The number of nitrogens with zero attached hydrogens (tertiary/aromatic N) is 9. The van der Waals surface area contributed by atoms with Crippen LogP contribution in [0.1, 0.15) is 0 Å². The van der Waals surface area contributed by atoms with Crippen molar-refractivity contribution in [1.29, 1.82) is 0 Å². The Kier molecular flexibility index (Phi) is 9.07. The fourth-order valence-electron chi connectivity index (χ4n) is 5.48. The van der Waals surface area contributed by atoms with Crippen molar-refractivity contribution in [3.05, 3.63) is 54.2 Å². The summed E-state index contributed by atoms with van der Waals surface area (Å²) in [7, 11) is 0.307. The number of alkyl halides is 3. The van der Waals surface area contributed by atoms with Crippen LogP contribution >= 0.6 is 18.7 Å². The van der Waals surface area contributed by atoms with Crippen LogP contribution in [0.25, 0.3) is 22.2 Å². The minimum Gasteiger partial charge on any atom is -0.479 e. The molecule has 19 heteroatoms. The number of nitrogens with one attached hydrogen (secondary N) is 2. The van der Waals surface area contributed by atoms with Crippen molar-refractivity contribution in [2.45, 2.75) is 6.18 Å². The molecule has 5 heterocycles. The lowest BCUT2D eigenvalue weighted by Crippen LogP contribution is -2.52. The van der Waals surface area contributed by atoms with Crippen molar-refractivity contribution in [2.75, 3.05) is 62.2 Å². The fraction of sp³-hybridized carbons (Fsp3) is 0.300. The Bertz CT molecular complexity index is 2100. The summed E-state index contributed by atoms with van der Waals surface area (Å²) < 4.78 is 59.8. The lowest BCUT2D eigenvalue weighted by molar-refractivity contribution is -0.185. The zero-order valence-corrected chi connectivity index (χ0v) is 28.3. The first kappa shape index (κ1) is 33.9. The van der Waals surface area contributed by atoms with E-state index in [0.717, 1.165) is 4.90 Å². The number of carbonyl (C=O) groups excluding carboxylic acids is 1. The van der Waals surface area contributed by atoms with Gasteiger partial charge >= 0.3 is 12.1 Å². The Morgan fingerprint density at radius 3 is 2.39 bits per heavy atom. The number of anilines is 5. The van der Waals surface area contributed by atoms with Crippen molar-refractivity contribution >= 4 is 69.9 Å². The molecule has 1 saturated heterocycles. The highest BCUT2D eigenvalue weighted by atomic mass is 35.5. The molecule has 0 atom stereocenters. The highest BCUT2D eigenvalue weighted by Crippen LogP contribution is 2.42. The third-order valence-electron chi connectivity index (χ3n) is 7.68. The van der Waals surface area contributed by atoms with Gasteiger partial charge in [-0.25, -0.2) is 4.98 Å². The molecule has 1 aromatic carbocycles. The van der Waals surface area contributed by atoms with Gasteiger partial charge < -0.3 is 29.7 Å². The quantitative estimate of drug-likeness (QED) is 0.212. The first-order valence-corrected chi connectivity index (χ1v) is 17.8. The number of aryl methyl sites for hydroxylation is 1. The third kappa shape index (κ3) is 7.08. The molecule has 256 valence electrons. The zero-order chi connectivity index (χ0) is 35.1. The standard InChI is InChI=1S/C30H30ClF3N11O3P/c1-43-16-17(14-38-43)18-13-22(27(48-2)42-26(18)44-9-11-45(12-10-44)28(46)30(32,33)34)40-29-37-15-19(31)25(41-29)39-21-6-5-20-23(36-8-7-35-20)24(21)49(3,4)47/h5-8,13-16H,9-12H2,1-4H3,(H2,37,39,40,41). The molecule has 0 bridgehead atoms. The molecule has 14 nitrogen and oxygen atoms in total. The summed E-state index contributed by atoms with van der Waals surface area (Å²) >= 11 is 6.51. The molecule has 5 aromatic rings. The number of benzene rings is 1. The molecular weight excluding hydrogens is 686 g/mol. The number of pyridine rings is 1. The number of halogens is 4. The number of aromatic nitrogens is 7. The smallest absolute Gasteiger partial charge is 0.471 e. The van der Waals surface area contributed by atoms with E-state index >= 15 is 0 Å². The zero-order valence-electron chi connectivity index (χ0n) is 26.7. The van der Waals surface area contributed by atoms with E-state index in [1.54, 1.807) is 66.7 Å². The number of piperazine rings is 1. The average molecular weight is 716 g/mol. The maximum atomic E-state index is 13.4. The summed E-state index contributed by atoms with van der Waals surface area (Å²) in [4.78, 5) is 36.8. The van der Waals surface area contributed by atoms with Gasteiger partial charge in [-0.1, -0.05) is 11.6 Å². The van der Waals surface area contributed by atoms with Crippen LogP contribution in [0.4, 0.5) is 42.1 Å². The summed E-state index contributed by atoms with van der Waals surface area (Å²) in [5, 5.41) is 11.3. The maximum Gasteiger partial charge on any atom is 0.471 e. The van der Waals surface area contributed by atoms with Crippen LogP contribution in [0.5, 0.6) is 5.88 Å². The van der Waals surface area contributed by atoms with E-state index in [4.69, 9.17) is 21.3 Å². The topological polar surface area (TPSA) is 156 Å². The molecule has 4 aromatic heterocycles. The highest BCUT2D eigenvalue weighted by Gasteiger charge is 2.43. The van der Waals surface area contributed by atoms with Crippen LogP contribution in [0.2, 0.25) is 5.02 Å². The number of fused-ring (bicyclic) bond motifs is 1. The molecule has 0 aliphatic carbocycles. The van der Waals surface area contributed by atoms with Gasteiger partial charge in [0.25, 0.3) is 0 Å². The molecule has 6 rings (SSSR count). The van der Waals surface area contributed by atoms with Gasteiger partial charge in [0.05, 0.1) is 36.0 Å². The van der Waals surface area contributed by atoms with Gasteiger partial charge in [0.2, 0.25) is 11.8 Å². The second-order valence-corrected chi connectivity index (χ2v) is 15.0. The number of carbonyl (C=O) groups is 1. The Morgan fingerprint density at radius 2 is 1.73 bits per heavy atom. The molecule has 1 aliphatic rings. The molecule has 0 saturated carbocycles. The second kappa shape index (κ2) is 13.1. The minimum absolute atomic E-state index is 0.109. The summed E-state index contributed by atoms with van der Waals surface area (Å²) in [5.41, 5.74) is 3.23. The van der Waals surface area contributed by atoms with Crippen LogP contribution in [0.3, 0.4) is 0 Å². The van der Waals surface area contributed by atoms with Crippen LogP contribution < -0.4 is 25.6 Å². The number of hydrogen-bond acceptors (Lipinski definition) is 12. The van der Waals surface area contributed by atoms with Crippen LogP contribution in [-0.4, -0.2) is 98.3 Å². The van der Waals surface area contributed by atoms with E-state index in [9.17, 15) is 22.5 Å². The van der Waals surface area contributed by atoms with Crippen molar-refractivity contribution in [3.63, 3.8) is 0 Å². The molecule has 1 aliphatic heterocycles. The number of amides is 1. The maximum absolute atomic E-state index is 13.4. The lowest BCUT2D eigenvalue weighted by Gasteiger charge is -2.36. The Morgan fingerprint density at radius 1 is 1.00 bits per heavy atom. The molecule has 49 heavy (non-hydrogen) atoms. The third-order valence-corrected chi connectivity index (χ3v) is 9.49. The monoisotopic (exact) mass is 715 g/mol. The molecular formula is C30H30ClF3N11O3P. The molecule has 0 spiro atoms. The van der Waals surface area contributed by atoms with Crippen molar-refractivity contribution in [2.24, 2.45) is 7.05 Å². The summed E-state index contributed by atoms with van der Waals surface area (Å²) in [6, 6.07) is 5.24. The van der Waals surface area contributed by atoms with Crippen molar-refractivity contribution < 1.29 is 27.3 Å². The van der Waals surface area contributed by atoms with Gasteiger partial charge in [-0.3, -0.25) is 19.4 Å². The molecule has 1 fully saturated rings. The van der Waals surface area contributed by atoms with Gasteiger partial charge in [-0.2, -0.15) is 28.2 Å². The Balaban J connectivity index is 1.34. The van der Waals surface area contributed by atoms with Crippen LogP contribution in [0, 0.1) is 0 Å². The van der Waals surface area contributed by atoms with E-state index in [2.05, 4.69) is 35.7 Å². The number of methoxy groups -OCH3 is 1. The predicted octanol–water partition coefficient (Wildman–Crippen LogP) is 4.82. The Hall–Kier alpha value is -5.02. The number of hydrogen-bond donors (Lipinski definition) is 2. The van der Waals surface area contributed by atoms with E-state index in [1.165, 1.54) is 19.5 Å². The first-order chi connectivity index (χ1) is 23.2. The van der Waals surface area contributed by atoms with Gasteiger partial charge in [-0.15, -0.1) is 0 Å². The lowest BCUT2D eigenvalue weighted by atomic mass is 10.1. The van der Waals surface area contributed by atoms with E-state index in [0.29, 0.717) is 44.7 Å². The molecule has 0 radical (unpaired) electrons. The van der Waals surface area contributed by atoms with Crippen molar-refractivity contribution in [3.8, 4) is 17.0 Å². The minimum atomic E-state index is -4.95. The van der Waals surface area contributed by atoms with Crippen LogP contribution in [-0.2, 0) is 16.4 Å². The molecule has 2 N–H and O–H groups in total. The molecule has 1 amide bonds. The fourth-order valence-corrected chi connectivity index (χ4v) is 7.01. The number of ether oxygens (including phenoxy) is 1. The summed E-state index contributed by atoms with van der Waals surface area (Å²) in [6.07, 6.45) is 2.95. The number of rotatable bonds is 8. The van der Waals surface area contributed by atoms with Gasteiger partial charge in [-0.05, 0) is 31.5 Å². The second-order valence-electron chi connectivity index (χ2n) is 11.5. The SMILES string of the molecule is COc1nc(N2CCN(C(=O)C(F)(F)F)CC2)c(-c2cnn(C)c2)cc1Nc1ncc(Cl)c(Nc2ccc3nccnc3c2P(C)(C)=O)n1. The normalized spacial score (nSPS) is 13.9. The van der Waals surface area contributed by atoms with Gasteiger partial charge in [0.15, 0.2) is 5.82 Å². The molecule has 0 unspecified atom stereocenters. The largest absolute Gasteiger partial charge is 0.479 e. The summed E-state index contributed by atoms with van der Waals surface area (Å²) in [6.45, 7) is 3.22. The van der Waals surface area contributed by atoms with E-state index in [-0.39, 0.29) is 48.8 Å². The average Bonchev–Trinajstić information content (AvgIpc) is 3.50. The van der Waals surface area contributed by atoms with E-state index in [1.807, 2.05) is 0 Å². The van der Waals surface area contributed by atoms with Gasteiger partial charge in [0, 0.05) is 62.9 Å². The Labute approximate surface area is 283 Å². The predicted molar refractivity (Wildman–Crippen MR) is 180 cm³/mol. The van der Waals surface area contributed by atoms with E-state index < -0.39 is 19.2 Å². The van der Waals surface area contributed by atoms with Gasteiger partial charge in [0.1, 0.15) is 29.2 Å². The van der Waals surface area contributed by atoms with Crippen LogP contribution in [0.15, 0.2) is 49.2 Å². The first-order valence-electron chi connectivity index (χ1n) is 14.8.